The fraction of sp³-hybridized carbons (Fsp3) is 0.889. The van der Waals surface area contributed by atoms with Crippen LogP contribution in [0.2, 0.25) is 0 Å². The molecule has 70 valence electrons. The fourth-order valence-electron chi connectivity index (χ4n) is 1.05. The van der Waals surface area contributed by atoms with Crippen LogP contribution in [0.5, 0.6) is 0 Å². The molecule has 1 fully saturated rings. The minimum absolute atomic E-state index is 0.174. The van der Waals surface area contributed by atoms with Crippen LogP contribution in [-0.2, 0) is 9.53 Å². The Hall–Kier alpha value is -0.570. The molecular weight excluding hydrogens is 154 g/mol. The molecule has 1 rings (SSSR count). The fourth-order valence-corrected chi connectivity index (χ4v) is 1.05. The largest absolute Gasteiger partial charge is 0.468 e. The number of carbonyl (C=O) groups excluding carboxylic acids is 1. The average Bonchev–Trinajstić information content (AvgIpc) is 2.79. The van der Waals surface area contributed by atoms with Crippen molar-refractivity contribution in [2.75, 3.05) is 13.7 Å². The minimum Gasteiger partial charge on any atom is -0.468 e. The molecule has 1 unspecified atom stereocenters. The highest BCUT2D eigenvalue weighted by molar-refractivity contribution is 5.75. The van der Waals surface area contributed by atoms with E-state index in [1.165, 1.54) is 20.0 Å². The molecule has 0 bridgehead atoms. The molecular formula is C9H17NO2. The van der Waals surface area contributed by atoms with Gasteiger partial charge in [-0.2, -0.15) is 0 Å². The lowest BCUT2D eigenvalue weighted by molar-refractivity contribution is -0.142. The SMILES string of the molecule is COC(=O)C(C)NCC1(C)CC1. The zero-order valence-electron chi connectivity index (χ0n) is 8.02. The number of rotatable bonds is 4. The molecule has 12 heavy (non-hydrogen) atoms. The van der Waals surface area contributed by atoms with Gasteiger partial charge in [0.1, 0.15) is 6.04 Å². The summed E-state index contributed by atoms with van der Waals surface area (Å²) in [6, 6.07) is -0.174. The van der Waals surface area contributed by atoms with Crippen molar-refractivity contribution in [3.63, 3.8) is 0 Å². The highest BCUT2D eigenvalue weighted by Gasteiger charge is 2.37. The number of methoxy groups -OCH3 is 1. The van der Waals surface area contributed by atoms with Crippen molar-refractivity contribution in [1.29, 1.82) is 0 Å². The predicted octanol–water partition coefficient (Wildman–Crippen LogP) is 0.938. The predicted molar refractivity (Wildman–Crippen MR) is 46.8 cm³/mol. The van der Waals surface area contributed by atoms with Crippen LogP contribution in [0.4, 0.5) is 0 Å². The Kier molecular flexibility index (Phi) is 2.73. The monoisotopic (exact) mass is 171 g/mol. The van der Waals surface area contributed by atoms with Gasteiger partial charge in [0.25, 0.3) is 0 Å². The smallest absolute Gasteiger partial charge is 0.322 e. The molecule has 0 spiro atoms. The maximum atomic E-state index is 11.0. The Balaban J connectivity index is 2.17. The molecule has 0 saturated heterocycles. The summed E-state index contributed by atoms with van der Waals surface area (Å²) in [7, 11) is 1.42. The van der Waals surface area contributed by atoms with Gasteiger partial charge >= 0.3 is 5.97 Å². The Morgan fingerprint density at radius 2 is 2.25 bits per heavy atom. The van der Waals surface area contributed by atoms with Crippen molar-refractivity contribution in [3.05, 3.63) is 0 Å². The maximum Gasteiger partial charge on any atom is 0.322 e. The van der Waals surface area contributed by atoms with E-state index in [9.17, 15) is 4.79 Å². The highest BCUT2D eigenvalue weighted by atomic mass is 16.5. The number of ether oxygens (including phenoxy) is 1. The first-order valence-corrected chi connectivity index (χ1v) is 4.39. The first-order valence-electron chi connectivity index (χ1n) is 4.39. The van der Waals surface area contributed by atoms with E-state index in [1.807, 2.05) is 6.92 Å². The van der Waals surface area contributed by atoms with E-state index in [1.54, 1.807) is 0 Å². The van der Waals surface area contributed by atoms with Crippen LogP contribution in [0.15, 0.2) is 0 Å². The van der Waals surface area contributed by atoms with Crippen LogP contribution >= 0.6 is 0 Å². The van der Waals surface area contributed by atoms with Gasteiger partial charge < -0.3 is 10.1 Å². The Bertz CT molecular complexity index is 175. The summed E-state index contributed by atoms with van der Waals surface area (Å²) in [6.07, 6.45) is 2.54. The second-order valence-corrected chi connectivity index (χ2v) is 3.94. The first kappa shape index (κ1) is 9.52. The van der Waals surface area contributed by atoms with Crippen LogP contribution in [0.25, 0.3) is 0 Å². The maximum absolute atomic E-state index is 11.0. The van der Waals surface area contributed by atoms with Crippen molar-refractivity contribution < 1.29 is 9.53 Å². The molecule has 0 amide bonds. The van der Waals surface area contributed by atoms with E-state index in [2.05, 4.69) is 17.0 Å². The second kappa shape index (κ2) is 3.44. The van der Waals surface area contributed by atoms with E-state index >= 15 is 0 Å². The van der Waals surface area contributed by atoms with Gasteiger partial charge in [0, 0.05) is 6.54 Å². The summed E-state index contributed by atoms with van der Waals surface area (Å²) in [6.45, 7) is 4.98. The van der Waals surface area contributed by atoms with Crippen molar-refractivity contribution in [2.24, 2.45) is 5.41 Å². The third-order valence-electron chi connectivity index (χ3n) is 2.49. The number of esters is 1. The molecule has 0 aliphatic heterocycles. The summed E-state index contributed by atoms with van der Waals surface area (Å²) in [5.74, 6) is -0.181. The number of carbonyl (C=O) groups is 1. The normalized spacial score (nSPS) is 21.6. The van der Waals surface area contributed by atoms with Crippen LogP contribution in [-0.4, -0.2) is 25.7 Å². The molecule has 0 aromatic heterocycles. The third kappa shape index (κ3) is 2.48. The molecule has 0 aromatic rings. The second-order valence-electron chi connectivity index (χ2n) is 3.94. The lowest BCUT2D eigenvalue weighted by Gasteiger charge is -2.14. The van der Waals surface area contributed by atoms with E-state index in [0.717, 1.165) is 6.54 Å². The zero-order valence-corrected chi connectivity index (χ0v) is 8.02. The van der Waals surface area contributed by atoms with Crippen molar-refractivity contribution in [2.45, 2.75) is 32.7 Å². The zero-order chi connectivity index (χ0) is 9.19. The molecule has 0 radical (unpaired) electrons. The summed E-state index contributed by atoms with van der Waals surface area (Å²) in [5.41, 5.74) is 0.447. The highest BCUT2D eigenvalue weighted by Crippen LogP contribution is 2.44. The lowest BCUT2D eigenvalue weighted by Crippen LogP contribution is -2.37. The van der Waals surface area contributed by atoms with Crippen LogP contribution in [0.1, 0.15) is 26.7 Å². The Morgan fingerprint density at radius 1 is 1.67 bits per heavy atom. The van der Waals surface area contributed by atoms with Gasteiger partial charge in [0.2, 0.25) is 0 Å². The van der Waals surface area contributed by atoms with Crippen molar-refractivity contribution in [1.82, 2.24) is 5.32 Å². The van der Waals surface area contributed by atoms with Gasteiger partial charge in [-0.05, 0) is 25.2 Å². The molecule has 1 atom stereocenters. The average molecular weight is 171 g/mol. The molecule has 1 aliphatic rings. The Morgan fingerprint density at radius 3 is 2.67 bits per heavy atom. The van der Waals surface area contributed by atoms with Gasteiger partial charge in [-0.3, -0.25) is 4.79 Å². The molecule has 3 heteroatoms. The van der Waals surface area contributed by atoms with Gasteiger partial charge in [0.05, 0.1) is 7.11 Å². The summed E-state index contributed by atoms with van der Waals surface area (Å²) < 4.78 is 4.60. The first-order chi connectivity index (χ1) is 5.57. The van der Waals surface area contributed by atoms with Gasteiger partial charge in [0.15, 0.2) is 0 Å². The van der Waals surface area contributed by atoms with Gasteiger partial charge in [-0.25, -0.2) is 0 Å². The summed E-state index contributed by atoms with van der Waals surface area (Å²) in [4.78, 5) is 11.0. The van der Waals surface area contributed by atoms with E-state index in [0.29, 0.717) is 5.41 Å². The molecule has 3 nitrogen and oxygen atoms in total. The molecule has 1 saturated carbocycles. The quantitative estimate of drug-likeness (QED) is 0.640. The summed E-state index contributed by atoms with van der Waals surface area (Å²) >= 11 is 0. The van der Waals surface area contributed by atoms with E-state index in [-0.39, 0.29) is 12.0 Å². The van der Waals surface area contributed by atoms with E-state index in [4.69, 9.17) is 0 Å². The van der Waals surface area contributed by atoms with E-state index < -0.39 is 0 Å². The standard InChI is InChI=1S/C9H17NO2/c1-7(8(11)12-3)10-6-9(2)4-5-9/h7,10H,4-6H2,1-3H3. The molecule has 1 aliphatic carbocycles. The van der Waals surface area contributed by atoms with Crippen LogP contribution in [0.3, 0.4) is 0 Å². The number of hydrogen-bond donors (Lipinski definition) is 1. The van der Waals surface area contributed by atoms with Gasteiger partial charge in [-0.15, -0.1) is 0 Å². The van der Waals surface area contributed by atoms with Crippen LogP contribution < -0.4 is 5.32 Å². The van der Waals surface area contributed by atoms with Crippen LogP contribution in [0, 0.1) is 5.41 Å². The molecule has 0 heterocycles. The number of hydrogen-bond acceptors (Lipinski definition) is 3. The van der Waals surface area contributed by atoms with Crippen molar-refractivity contribution in [3.8, 4) is 0 Å². The van der Waals surface area contributed by atoms with Crippen molar-refractivity contribution >= 4 is 5.97 Å². The number of nitrogens with one attached hydrogen (secondary N) is 1. The Labute approximate surface area is 73.5 Å². The molecule has 0 aromatic carbocycles. The summed E-state index contributed by atoms with van der Waals surface area (Å²) in [5, 5.41) is 3.16. The topological polar surface area (TPSA) is 38.3 Å². The minimum atomic E-state index is -0.181. The molecule has 1 N–H and O–H groups in total. The van der Waals surface area contributed by atoms with Gasteiger partial charge in [-0.1, -0.05) is 6.92 Å². The third-order valence-corrected chi connectivity index (χ3v) is 2.49. The lowest BCUT2D eigenvalue weighted by atomic mass is 10.1.